The van der Waals surface area contributed by atoms with E-state index >= 15 is 0 Å². The maximum Gasteiger partial charge on any atom is 0.257 e. The molecule has 28 heavy (non-hydrogen) atoms. The average Bonchev–Trinajstić information content (AvgIpc) is 2.75. The summed E-state index contributed by atoms with van der Waals surface area (Å²) < 4.78 is 1.62. The van der Waals surface area contributed by atoms with E-state index in [0.717, 1.165) is 5.56 Å². The van der Waals surface area contributed by atoms with Crippen LogP contribution in [0.25, 0.3) is 0 Å². The van der Waals surface area contributed by atoms with Gasteiger partial charge in [-0.2, -0.15) is 0 Å². The molecule has 0 spiro atoms. The second-order valence-electron chi connectivity index (χ2n) is 6.75. The maximum atomic E-state index is 13.4. The summed E-state index contributed by atoms with van der Waals surface area (Å²) in [7, 11) is 0. The van der Waals surface area contributed by atoms with Crippen molar-refractivity contribution in [1.29, 1.82) is 0 Å². The second-order valence-corrected chi connectivity index (χ2v) is 7.73. The molecule has 0 saturated heterocycles. The number of thioether (sulfide) groups is 1. The number of benzene rings is 1. The molecule has 1 amide bonds. The fraction of sp³-hybridized carbons (Fsp3) is 0.238. The summed E-state index contributed by atoms with van der Waals surface area (Å²) in [5.41, 5.74) is 1.53. The number of amides is 1. The number of aromatic nitrogens is 3. The SMILES string of the molecule is Cc1cnc2n(c1=O)CC(C(=O)N(Cc1ccccc1)c1ccccn1)CS2. The predicted octanol–water partition coefficient (Wildman–Crippen LogP) is 2.90. The highest BCUT2D eigenvalue weighted by molar-refractivity contribution is 7.99. The Morgan fingerprint density at radius 1 is 1.18 bits per heavy atom. The molecule has 142 valence electrons. The van der Waals surface area contributed by atoms with Crippen molar-refractivity contribution in [2.75, 3.05) is 10.7 Å². The van der Waals surface area contributed by atoms with Crippen molar-refractivity contribution in [1.82, 2.24) is 14.5 Å². The van der Waals surface area contributed by atoms with Gasteiger partial charge >= 0.3 is 0 Å². The van der Waals surface area contributed by atoms with Crippen LogP contribution in [-0.2, 0) is 17.9 Å². The molecule has 3 heterocycles. The van der Waals surface area contributed by atoms with Gasteiger partial charge in [0.1, 0.15) is 5.82 Å². The third-order valence-electron chi connectivity index (χ3n) is 4.72. The number of carbonyl (C=O) groups excluding carboxylic acids is 1. The first-order valence-electron chi connectivity index (χ1n) is 9.09. The maximum absolute atomic E-state index is 13.4. The lowest BCUT2D eigenvalue weighted by Crippen LogP contribution is -2.42. The summed E-state index contributed by atoms with van der Waals surface area (Å²) in [5.74, 6) is 0.854. The lowest BCUT2D eigenvalue weighted by atomic mass is 10.1. The minimum absolute atomic E-state index is 0.0332. The molecular weight excluding hydrogens is 372 g/mol. The van der Waals surface area contributed by atoms with E-state index in [9.17, 15) is 9.59 Å². The van der Waals surface area contributed by atoms with Crippen LogP contribution in [0.3, 0.4) is 0 Å². The predicted molar refractivity (Wildman–Crippen MR) is 109 cm³/mol. The molecule has 0 aliphatic carbocycles. The number of nitrogens with zero attached hydrogens (tertiary/aromatic N) is 4. The van der Waals surface area contributed by atoms with Crippen molar-refractivity contribution in [2.24, 2.45) is 5.92 Å². The lowest BCUT2D eigenvalue weighted by Gasteiger charge is -2.30. The van der Waals surface area contributed by atoms with Crippen molar-refractivity contribution in [3.8, 4) is 0 Å². The minimum atomic E-state index is -0.315. The smallest absolute Gasteiger partial charge is 0.257 e. The van der Waals surface area contributed by atoms with Crippen LogP contribution in [-0.4, -0.2) is 26.2 Å². The van der Waals surface area contributed by atoms with E-state index in [1.54, 1.807) is 28.8 Å². The van der Waals surface area contributed by atoms with Crippen LogP contribution in [0.4, 0.5) is 5.82 Å². The highest BCUT2D eigenvalue weighted by Gasteiger charge is 2.31. The number of pyridine rings is 1. The molecule has 2 aromatic heterocycles. The van der Waals surface area contributed by atoms with Crippen LogP contribution in [0.2, 0.25) is 0 Å². The Morgan fingerprint density at radius 3 is 2.71 bits per heavy atom. The Kier molecular flexibility index (Phi) is 5.25. The zero-order valence-electron chi connectivity index (χ0n) is 15.5. The normalized spacial score (nSPS) is 15.7. The summed E-state index contributed by atoms with van der Waals surface area (Å²) in [5, 5.41) is 0.673. The fourth-order valence-corrected chi connectivity index (χ4v) is 4.26. The summed E-state index contributed by atoms with van der Waals surface area (Å²) >= 11 is 1.45. The van der Waals surface area contributed by atoms with Crippen molar-refractivity contribution >= 4 is 23.5 Å². The van der Waals surface area contributed by atoms with Crippen LogP contribution in [0.1, 0.15) is 11.1 Å². The van der Waals surface area contributed by atoms with E-state index in [1.165, 1.54) is 11.8 Å². The Balaban J connectivity index is 1.64. The zero-order chi connectivity index (χ0) is 19.5. The largest absolute Gasteiger partial charge is 0.292 e. The van der Waals surface area contributed by atoms with E-state index in [0.29, 0.717) is 35.4 Å². The number of aryl methyl sites for hydroxylation is 1. The van der Waals surface area contributed by atoms with Gasteiger partial charge in [-0.25, -0.2) is 9.97 Å². The van der Waals surface area contributed by atoms with Crippen LogP contribution >= 0.6 is 11.8 Å². The van der Waals surface area contributed by atoms with Gasteiger partial charge in [0.05, 0.1) is 12.5 Å². The number of rotatable bonds is 4. The zero-order valence-corrected chi connectivity index (χ0v) is 16.3. The Morgan fingerprint density at radius 2 is 1.96 bits per heavy atom. The molecule has 0 N–H and O–H groups in total. The first-order chi connectivity index (χ1) is 13.6. The van der Waals surface area contributed by atoms with Gasteiger partial charge in [-0.3, -0.25) is 19.1 Å². The van der Waals surface area contributed by atoms with E-state index in [1.807, 2.05) is 48.5 Å². The van der Waals surface area contributed by atoms with Gasteiger partial charge in [0, 0.05) is 30.3 Å². The van der Waals surface area contributed by atoms with Crippen molar-refractivity contribution in [2.45, 2.75) is 25.2 Å². The summed E-state index contributed by atoms with van der Waals surface area (Å²) in [6.07, 6.45) is 3.28. The summed E-state index contributed by atoms with van der Waals surface area (Å²) in [6, 6.07) is 15.4. The van der Waals surface area contributed by atoms with Gasteiger partial charge in [-0.05, 0) is 24.6 Å². The number of fused-ring (bicyclic) bond motifs is 1. The molecule has 0 radical (unpaired) electrons. The third kappa shape index (κ3) is 3.71. The van der Waals surface area contributed by atoms with Crippen LogP contribution < -0.4 is 10.5 Å². The highest BCUT2D eigenvalue weighted by Crippen LogP contribution is 2.28. The van der Waals surface area contributed by atoms with E-state index in [-0.39, 0.29) is 17.4 Å². The highest BCUT2D eigenvalue weighted by atomic mass is 32.2. The molecule has 0 bridgehead atoms. The molecular formula is C21H20N4O2S. The molecule has 1 atom stereocenters. The molecule has 4 rings (SSSR count). The lowest BCUT2D eigenvalue weighted by molar-refractivity contribution is -0.122. The van der Waals surface area contributed by atoms with E-state index in [2.05, 4.69) is 9.97 Å². The Bertz CT molecular complexity index is 1040. The molecule has 7 heteroatoms. The van der Waals surface area contributed by atoms with Crippen LogP contribution in [0, 0.1) is 12.8 Å². The number of carbonyl (C=O) groups is 1. The molecule has 1 aliphatic rings. The van der Waals surface area contributed by atoms with E-state index < -0.39 is 0 Å². The Labute approximate surface area is 167 Å². The molecule has 0 fully saturated rings. The quantitative estimate of drug-likeness (QED) is 0.639. The number of anilines is 1. The van der Waals surface area contributed by atoms with Crippen molar-refractivity contribution in [3.05, 3.63) is 82.4 Å². The van der Waals surface area contributed by atoms with Gasteiger partial charge in [0.25, 0.3) is 5.56 Å². The van der Waals surface area contributed by atoms with Crippen molar-refractivity contribution < 1.29 is 4.79 Å². The van der Waals surface area contributed by atoms with E-state index in [4.69, 9.17) is 0 Å². The average molecular weight is 392 g/mol. The topological polar surface area (TPSA) is 68.1 Å². The molecule has 6 nitrogen and oxygen atoms in total. The summed E-state index contributed by atoms with van der Waals surface area (Å²) in [4.78, 5) is 36.4. The van der Waals surface area contributed by atoms with Gasteiger partial charge in [0.15, 0.2) is 5.16 Å². The molecule has 3 aromatic rings. The Hall–Kier alpha value is -2.93. The minimum Gasteiger partial charge on any atom is -0.292 e. The van der Waals surface area contributed by atoms with Gasteiger partial charge in [0.2, 0.25) is 5.91 Å². The monoisotopic (exact) mass is 392 g/mol. The molecule has 1 aromatic carbocycles. The van der Waals surface area contributed by atoms with Gasteiger partial charge in [-0.15, -0.1) is 0 Å². The van der Waals surface area contributed by atoms with Crippen LogP contribution in [0.5, 0.6) is 0 Å². The number of hydrogen-bond donors (Lipinski definition) is 0. The summed E-state index contributed by atoms with van der Waals surface area (Å²) in [6.45, 7) is 2.52. The molecule has 0 saturated carbocycles. The standard InChI is InChI=1S/C21H20N4O2S/c1-15-11-23-21-25(19(15)26)13-17(14-28-21)20(27)24(18-9-5-6-10-22-18)12-16-7-3-2-4-8-16/h2-11,17H,12-14H2,1H3. The molecule has 1 aliphatic heterocycles. The van der Waals surface area contributed by atoms with Gasteiger partial charge in [-0.1, -0.05) is 48.2 Å². The first kappa shape index (κ1) is 18.4. The van der Waals surface area contributed by atoms with Crippen molar-refractivity contribution in [3.63, 3.8) is 0 Å². The third-order valence-corrected chi connectivity index (χ3v) is 5.88. The first-order valence-corrected chi connectivity index (χ1v) is 10.1. The fourth-order valence-electron chi connectivity index (χ4n) is 3.22. The van der Waals surface area contributed by atoms with Crippen LogP contribution in [0.15, 0.2) is 70.9 Å². The molecule has 1 unspecified atom stereocenters. The second kappa shape index (κ2) is 7.98. The number of hydrogen-bond acceptors (Lipinski definition) is 5. The van der Waals surface area contributed by atoms with Gasteiger partial charge < -0.3 is 0 Å².